The lowest BCUT2D eigenvalue weighted by molar-refractivity contribution is 0.339. The number of nitrogens with zero attached hydrogens (tertiary/aromatic N) is 6. The van der Waals surface area contributed by atoms with Gasteiger partial charge in [0.05, 0.1) is 11.6 Å². The van der Waals surface area contributed by atoms with Crippen molar-refractivity contribution in [2.24, 2.45) is 0 Å². The molecule has 3 aromatic rings. The van der Waals surface area contributed by atoms with Gasteiger partial charge in [0.15, 0.2) is 12.0 Å². The number of benzene rings is 1. The number of hydrogen-bond donors (Lipinski definition) is 0. The Labute approximate surface area is 150 Å². The summed E-state index contributed by atoms with van der Waals surface area (Å²) in [7, 11) is 0. The largest absolute Gasteiger partial charge is 0.332 e. The molecular formula is C19H14N6O. The van der Waals surface area contributed by atoms with Crippen LogP contribution in [0, 0.1) is 22.8 Å². The molecule has 2 aromatic heterocycles. The van der Waals surface area contributed by atoms with E-state index in [0.29, 0.717) is 23.0 Å². The Morgan fingerprint density at radius 2 is 1.96 bits per heavy atom. The standard InChI is InChI=1S/C19H14N6O/c20-11-13-3-5-14(6-4-13)15-7-8-22-16(10-15)19-23-18(24-26-19)17-2-1-9-25(17)12-21/h3-8,10,17H,1-2,9H2. The van der Waals surface area contributed by atoms with Gasteiger partial charge in [0.25, 0.3) is 5.89 Å². The molecule has 26 heavy (non-hydrogen) atoms. The van der Waals surface area contributed by atoms with E-state index in [1.165, 1.54) is 0 Å². The monoisotopic (exact) mass is 342 g/mol. The van der Waals surface area contributed by atoms with Crippen molar-refractivity contribution < 1.29 is 4.52 Å². The number of likely N-dealkylation sites (tertiary alicyclic amines) is 1. The van der Waals surface area contributed by atoms with Crippen LogP contribution in [-0.4, -0.2) is 26.6 Å². The van der Waals surface area contributed by atoms with Gasteiger partial charge in [-0.25, -0.2) is 0 Å². The van der Waals surface area contributed by atoms with Gasteiger partial charge in [0.1, 0.15) is 11.7 Å². The molecule has 1 atom stereocenters. The van der Waals surface area contributed by atoms with Crippen molar-refractivity contribution in [2.45, 2.75) is 18.9 Å². The highest BCUT2D eigenvalue weighted by Gasteiger charge is 2.29. The molecule has 126 valence electrons. The Morgan fingerprint density at radius 3 is 2.73 bits per heavy atom. The van der Waals surface area contributed by atoms with Gasteiger partial charge in [0.2, 0.25) is 0 Å². The third kappa shape index (κ3) is 2.87. The molecule has 3 heterocycles. The lowest BCUT2D eigenvalue weighted by Crippen LogP contribution is -2.17. The molecule has 0 N–H and O–H groups in total. The van der Waals surface area contributed by atoms with Crippen molar-refractivity contribution >= 4 is 0 Å². The molecule has 0 aliphatic carbocycles. The van der Waals surface area contributed by atoms with E-state index in [-0.39, 0.29) is 6.04 Å². The van der Waals surface area contributed by atoms with Crippen molar-refractivity contribution in [3.05, 3.63) is 54.0 Å². The second kappa shape index (κ2) is 6.66. The fraction of sp³-hybridized carbons (Fsp3) is 0.211. The van der Waals surface area contributed by atoms with Crippen LogP contribution in [0.5, 0.6) is 0 Å². The van der Waals surface area contributed by atoms with Crippen LogP contribution in [0.25, 0.3) is 22.7 Å². The van der Waals surface area contributed by atoms with E-state index >= 15 is 0 Å². The van der Waals surface area contributed by atoms with Crippen LogP contribution in [0.1, 0.15) is 30.3 Å². The van der Waals surface area contributed by atoms with Gasteiger partial charge < -0.3 is 4.52 Å². The van der Waals surface area contributed by atoms with Crippen LogP contribution in [0.15, 0.2) is 47.1 Å². The summed E-state index contributed by atoms with van der Waals surface area (Å²) in [4.78, 5) is 10.4. The van der Waals surface area contributed by atoms with Crippen LogP contribution < -0.4 is 0 Å². The Bertz CT molecular complexity index is 1010. The predicted octanol–water partition coefficient (Wildman–Crippen LogP) is 3.29. The van der Waals surface area contributed by atoms with Crippen LogP contribution in [0.4, 0.5) is 0 Å². The Morgan fingerprint density at radius 1 is 1.12 bits per heavy atom. The summed E-state index contributed by atoms with van der Waals surface area (Å²) in [5.74, 6) is 0.852. The molecule has 1 aromatic carbocycles. The van der Waals surface area contributed by atoms with Crippen LogP contribution in [-0.2, 0) is 0 Å². The molecule has 4 rings (SSSR count). The van der Waals surface area contributed by atoms with Crippen molar-refractivity contribution in [1.29, 1.82) is 10.5 Å². The molecule has 0 radical (unpaired) electrons. The molecule has 0 saturated carbocycles. The molecule has 1 saturated heterocycles. The summed E-state index contributed by atoms with van der Waals surface area (Å²) in [5.41, 5.74) is 3.10. The number of pyridine rings is 1. The van der Waals surface area contributed by atoms with Crippen molar-refractivity contribution in [3.8, 4) is 35.0 Å². The molecule has 7 nitrogen and oxygen atoms in total. The van der Waals surface area contributed by atoms with Crippen LogP contribution in [0.3, 0.4) is 0 Å². The zero-order valence-corrected chi connectivity index (χ0v) is 13.8. The molecule has 1 aliphatic rings. The SMILES string of the molecule is N#Cc1ccc(-c2ccnc(-c3nc(C4CCCN4C#N)no3)c2)cc1. The van der Waals surface area contributed by atoms with E-state index in [1.807, 2.05) is 24.3 Å². The lowest BCUT2D eigenvalue weighted by atomic mass is 10.0. The summed E-state index contributed by atoms with van der Waals surface area (Å²) in [6.45, 7) is 0.720. The van der Waals surface area contributed by atoms with Crippen molar-refractivity contribution in [1.82, 2.24) is 20.0 Å². The van der Waals surface area contributed by atoms with Crippen LogP contribution >= 0.6 is 0 Å². The van der Waals surface area contributed by atoms with E-state index in [1.54, 1.807) is 23.2 Å². The molecule has 1 aliphatic heterocycles. The van der Waals surface area contributed by atoms with E-state index in [2.05, 4.69) is 27.4 Å². The minimum Gasteiger partial charge on any atom is -0.332 e. The zero-order chi connectivity index (χ0) is 17.9. The average Bonchev–Trinajstić information content (AvgIpc) is 3.37. The molecule has 0 bridgehead atoms. The first-order valence-electron chi connectivity index (χ1n) is 8.25. The smallest absolute Gasteiger partial charge is 0.276 e. The van der Waals surface area contributed by atoms with Gasteiger partial charge in [-0.3, -0.25) is 9.88 Å². The van der Waals surface area contributed by atoms with Gasteiger partial charge in [-0.15, -0.1) is 0 Å². The number of aromatic nitrogens is 3. The Kier molecular flexibility index (Phi) is 4.04. The lowest BCUT2D eigenvalue weighted by Gasteiger charge is -2.13. The average molecular weight is 342 g/mol. The highest BCUT2D eigenvalue weighted by molar-refractivity contribution is 5.68. The third-order valence-corrected chi connectivity index (χ3v) is 4.45. The first kappa shape index (κ1) is 15.8. The summed E-state index contributed by atoms with van der Waals surface area (Å²) in [5, 5.41) is 22.1. The predicted molar refractivity (Wildman–Crippen MR) is 92.0 cm³/mol. The fourth-order valence-corrected chi connectivity index (χ4v) is 3.09. The molecule has 1 unspecified atom stereocenters. The first-order chi connectivity index (χ1) is 12.8. The normalized spacial score (nSPS) is 16.2. The fourth-order valence-electron chi connectivity index (χ4n) is 3.09. The van der Waals surface area contributed by atoms with Gasteiger partial charge in [-0.1, -0.05) is 17.3 Å². The van der Waals surface area contributed by atoms with Gasteiger partial charge in [0, 0.05) is 12.7 Å². The van der Waals surface area contributed by atoms with Crippen molar-refractivity contribution in [3.63, 3.8) is 0 Å². The summed E-state index contributed by atoms with van der Waals surface area (Å²) >= 11 is 0. The first-order valence-corrected chi connectivity index (χ1v) is 8.25. The summed E-state index contributed by atoms with van der Waals surface area (Å²) < 4.78 is 5.38. The molecule has 7 heteroatoms. The zero-order valence-electron chi connectivity index (χ0n) is 13.8. The maximum atomic E-state index is 9.18. The second-order valence-corrected chi connectivity index (χ2v) is 6.03. The number of hydrogen-bond acceptors (Lipinski definition) is 7. The molecule has 1 fully saturated rings. The van der Waals surface area contributed by atoms with Gasteiger partial charge in [-0.2, -0.15) is 15.5 Å². The highest BCUT2D eigenvalue weighted by atomic mass is 16.5. The van der Waals surface area contributed by atoms with E-state index in [0.717, 1.165) is 30.5 Å². The van der Waals surface area contributed by atoms with Gasteiger partial charge >= 0.3 is 0 Å². The topological polar surface area (TPSA) is 103 Å². The maximum Gasteiger partial charge on any atom is 0.276 e. The molecule has 0 amide bonds. The minimum atomic E-state index is -0.126. The van der Waals surface area contributed by atoms with E-state index in [4.69, 9.17) is 9.78 Å². The Hall–Kier alpha value is -3.71. The summed E-state index contributed by atoms with van der Waals surface area (Å²) in [6, 6.07) is 13.1. The number of nitriles is 2. The highest BCUT2D eigenvalue weighted by Crippen LogP contribution is 2.31. The minimum absolute atomic E-state index is 0.126. The molecule has 0 spiro atoms. The van der Waals surface area contributed by atoms with E-state index < -0.39 is 0 Å². The maximum absolute atomic E-state index is 9.18. The summed E-state index contributed by atoms with van der Waals surface area (Å²) in [6.07, 6.45) is 5.64. The van der Waals surface area contributed by atoms with Crippen LogP contribution in [0.2, 0.25) is 0 Å². The van der Waals surface area contributed by atoms with Gasteiger partial charge in [-0.05, 0) is 48.2 Å². The third-order valence-electron chi connectivity index (χ3n) is 4.45. The molecular weight excluding hydrogens is 328 g/mol. The van der Waals surface area contributed by atoms with Crippen molar-refractivity contribution in [2.75, 3.05) is 6.54 Å². The Balaban J connectivity index is 1.63. The second-order valence-electron chi connectivity index (χ2n) is 6.03. The number of rotatable bonds is 3. The van der Waals surface area contributed by atoms with E-state index in [9.17, 15) is 5.26 Å². The quantitative estimate of drug-likeness (QED) is 0.673.